The summed E-state index contributed by atoms with van der Waals surface area (Å²) in [5, 5.41) is 29.4. The van der Waals surface area contributed by atoms with Gasteiger partial charge in [0, 0.05) is 6.04 Å². The molecule has 4 aliphatic rings. The minimum Gasteiger partial charge on any atom is -0.393 e. The van der Waals surface area contributed by atoms with E-state index in [9.17, 15) is 10.2 Å². The van der Waals surface area contributed by atoms with Crippen molar-refractivity contribution in [1.82, 2.24) is 10.6 Å². The molecule has 0 aromatic heterocycles. The lowest BCUT2D eigenvalue weighted by Gasteiger charge is -2.62. The van der Waals surface area contributed by atoms with Crippen molar-refractivity contribution < 1.29 is 10.2 Å². The molecule has 0 saturated heterocycles. The fourth-order valence-electron chi connectivity index (χ4n) is 10.5. The SMILES string of the molecule is CC(CCCC(C)(C)O)[C@H]1CCC2C3C(O)C[C@H]4C[C@@H](NCCCNCCCCN)CC[C@]4(C)C3CC[C@@]21C. The van der Waals surface area contributed by atoms with Gasteiger partial charge in [-0.1, -0.05) is 33.6 Å². The molecule has 0 bridgehead atoms. The molecule has 5 nitrogen and oxygen atoms in total. The predicted octanol–water partition coefficient (Wildman–Crippen LogP) is 5.87. The molecule has 0 radical (unpaired) electrons. The van der Waals surface area contributed by atoms with Crippen LogP contribution in [0, 0.1) is 46.3 Å². The number of aliphatic hydroxyl groups excluding tert-OH is 1. The van der Waals surface area contributed by atoms with Crippen molar-refractivity contribution in [3.05, 3.63) is 0 Å². The van der Waals surface area contributed by atoms with E-state index in [0.29, 0.717) is 46.5 Å². The summed E-state index contributed by atoms with van der Waals surface area (Å²) in [5.41, 5.74) is 5.83. The maximum absolute atomic E-state index is 11.7. The Kier molecular flexibility index (Phi) is 10.9. The van der Waals surface area contributed by atoms with E-state index >= 15 is 0 Å². The van der Waals surface area contributed by atoms with Crippen LogP contribution < -0.4 is 16.4 Å². The van der Waals surface area contributed by atoms with Gasteiger partial charge in [-0.05, 0) is 163 Å². The maximum Gasteiger partial charge on any atom is 0.0591 e. The molecular formula is C34H65N3O2. The minimum atomic E-state index is -0.547. The van der Waals surface area contributed by atoms with Gasteiger partial charge in [0.2, 0.25) is 0 Å². The fourth-order valence-corrected chi connectivity index (χ4v) is 10.5. The molecule has 5 unspecified atom stereocenters. The van der Waals surface area contributed by atoms with Gasteiger partial charge in [-0.2, -0.15) is 0 Å². The summed E-state index contributed by atoms with van der Waals surface area (Å²) in [6.45, 7) is 15.7. The molecule has 10 atom stereocenters. The third-order valence-electron chi connectivity index (χ3n) is 12.7. The Labute approximate surface area is 241 Å². The summed E-state index contributed by atoms with van der Waals surface area (Å²) in [4.78, 5) is 0. The van der Waals surface area contributed by atoms with E-state index in [1.807, 2.05) is 13.8 Å². The number of fused-ring (bicyclic) bond motifs is 5. The normalized spacial score (nSPS) is 41.1. The van der Waals surface area contributed by atoms with E-state index < -0.39 is 5.60 Å². The van der Waals surface area contributed by atoms with Crippen LogP contribution in [-0.2, 0) is 0 Å². The predicted molar refractivity (Wildman–Crippen MR) is 163 cm³/mol. The van der Waals surface area contributed by atoms with Gasteiger partial charge in [0.1, 0.15) is 0 Å². The van der Waals surface area contributed by atoms with E-state index in [2.05, 4.69) is 31.4 Å². The second kappa shape index (κ2) is 13.4. The molecule has 4 rings (SSSR count). The van der Waals surface area contributed by atoms with Crippen molar-refractivity contribution >= 4 is 0 Å². The monoisotopic (exact) mass is 548 g/mol. The molecule has 0 aromatic rings. The molecule has 4 fully saturated rings. The van der Waals surface area contributed by atoms with E-state index in [4.69, 9.17) is 5.73 Å². The van der Waals surface area contributed by atoms with Gasteiger partial charge in [-0.25, -0.2) is 0 Å². The second-order valence-corrected chi connectivity index (χ2v) is 15.7. The number of hydrogen-bond acceptors (Lipinski definition) is 5. The Morgan fingerprint density at radius 2 is 1.62 bits per heavy atom. The van der Waals surface area contributed by atoms with Crippen LogP contribution in [0.2, 0.25) is 0 Å². The lowest BCUT2D eigenvalue weighted by atomic mass is 9.43. The first kappa shape index (κ1) is 31.7. The highest BCUT2D eigenvalue weighted by Gasteiger charge is 2.62. The smallest absolute Gasteiger partial charge is 0.0591 e. The van der Waals surface area contributed by atoms with Crippen LogP contribution in [-0.4, -0.2) is 54.1 Å². The zero-order valence-corrected chi connectivity index (χ0v) is 26.3. The van der Waals surface area contributed by atoms with E-state index in [-0.39, 0.29) is 6.10 Å². The first-order valence-electron chi connectivity index (χ1n) is 17.0. The number of unbranched alkanes of at least 4 members (excludes halogenated alkanes) is 1. The van der Waals surface area contributed by atoms with E-state index in [1.165, 1.54) is 64.2 Å². The van der Waals surface area contributed by atoms with Crippen LogP contribution in [0.4, 0.5) is 0 Å². The van der Waals surface area contributed by atoms with Crippen LogP contribution in [0.5, 0.6) is 0 Å². The fraction of sp³-hybridized carbons (Fsp3) is 1.00. The Bertz CT molecular complexity index is 755. The average Bonchev–Trinajstić information content (AvgIpc) is 3.22. The lowest BCUT2D eigenvalue weighted by molar-refractivity contribution is -0.167. The largest absolute Gasteiger partial charge is 0.393 e. The number of aliphatic hydroxyl groups is 2. The van der Waals surface area contributed by atoms with Gasteiger partial charge in [0.05, 0.1) is 11.7 Å². The Morgan fingerprint density at radius 1 is 0.897 bits per heavy atom. The van der Waals surface area contributed by atoms with Crippen LogP contribution in [0.1, 0.15) is 125 Å². The maximum atomic E-state index is 11.7. The number of nitrogens with two attached hydrogens (primary N) is 1. The van der Waals surface area contributed by atoms with Gasteiger partial charge < -0.3 is 26.6 Å². The standard InChI is InChI=1S/C34H65N3O2/c1-24(10-8-15-32(2,3)39)27-11-12-28-31-29(14-17-34(27,28)5)33(4)16-13-26(22-25(33)23-30(31)38)37-21-9-20-36-19-7-6-18-35/h24-31,36-39H,6-23,35H2,1-5H3/t24?,25-,26+,27-,28?,29?,30?,31?,33+,34-/m1/s1. The average molecular weight is 548 g/mol. The lowest BCUT2D eigenvalue weighted by Crippen LogP contribution is -2.59. The highest BCUT2D eigenvalue weighted by molar-refractivity contribution is 5.12. The Hall–Kier alpha value is -0.200. The van der Waals surface area contributed by atoms with Gasteiger partial charge in [-0.15, -0.1) is 0 Å². The van der Waals surface area contributed by atoms with Crippen molar-refractivity contribution in [2.24, 2.45) is 52.1 Å². The molecule has 0 aromatic carbocycles. The molecule has 228 valence electrons. The first-order chi connectivity index (χ1) is 18.5. The van der Waals surface area contributed by atoms with Crippen molar-refractivity contribution in [2.75, 3.05) is 26.2 Å². The Morgan fingerprint density at radius 3 is 2.36 bits per heavy atom. The second-order valence-electron chi connectivity index (χ2n) is 15.7. The summed E-state index contributed by atoms with van der Waals surface area (Å²) < 4.78 is 0. The van der Waals surface area contributed by atoms with Crippen molar-refractivity contribution in [1.29, 1.82) is 0 Å². The first-order valence-corrected chi connectivity index (χ1v) is 17.0. The van der Waals surface area contributed by atoms with Crippen molar-refractivity contribution in [3.8, 4) is 0 Å². The van der Waals surface area contributed by atoms with Crippen LogP contribution in [0.25, 0.3) is 0 Å². The molecule has 4 aliphatic carbocycles. The van der Waals surface area contributed by atoms with Gasteiger partial charge in [-0.3, -0.25) is 0 Å². The molecule has 0 heterocycles. The summed E-state index contributed by atoms with van der Waals surface area (Å²) in [6, 6.07) is 0.624. The topological polar surface area (TPSA) is 90.5 Å². The summed E-state index contributed by atoms with van der Waals surface area (Å²) >= 11 is 0. The van der Waals surface area contributed by atoms with Crippen molar-refractivity contribution in [3.63, 3.8) is 0 Å². The molecule has 4 saturated carbocycles. The molecule has 5 heteroatoms. The highest BCUT2D eigenvalue weighted by atomic mass is 16.3. The Balaban J connectivity index is 1.30. The van der Waals surface area contributed by atoms with Gasteiger partial charge >= 0.3 is 0 Å². The summed E-state index contributed by atoms with van der Waals surface area (Å²) in [5.74, 6) is 4.06. The van der Waals surface area contributed by atoms with Gasteiger partial charge in [0.15, 0.2) is 0 Å². The van der Waals surface area contributed by atoms with Gasteiger partial charge in [0.25, 0.3) is 0 Å². The van der Waals surface area contributed by atoms with Crippen LogP contribution in [0.15, 0.2) is 0 Å². The molecule has 0 spiro atoms. The van der Waals surface area contributed by atoms with Crippen LogP contribution in [0.3, 0.4) is 0 Å². The van der Waals surface area contributed by atoms with Crippen LogP contribution >= 0.6 is 0 Å². The summed E-state index contributed by atoms with van der Waals surface area (Å²) in [7, 11) is 0. The third kappa shape index (κ3) is 7.24. The molecule has 39 heavy (non-hydrogen) atoms. The number of nitrogens with one attached hydrogen (secondary N) is 2. The number of hydrogen-bond donors (Lipinski definition) is 5. The third-order valence-corrected chi connectivity index (χ3v) is 12.7. The molecular weight excluding hydrogens is 482 g/mol. The molecule has 0 aliphatic heterocycles. The van der Waals surface area contributed by atoms with Crippen molar-refractivity contribution in [2.45, 2.75) is 142 Å². The summed E-state index contributed by atoms with van der Waals surface area (Å²) in [6.07, 6.45) is 16.9. The number of rotatable bonds is 14. The van der Waals surface area contributed by atoms with E-state index in [1.54, 1.807) is 0 Å². The van der Waals surface area contributed by atoms with E-state index in [0.717, 1.165) is 57.8 Å². The highest BCUT2D eigenvalue weighted by Crippen LogP contribution is 2.68. The zero-order valence-electron chi connectivity index (χ0n) is 26.3. The zero-order chi connectivity index (χ0) is 28.3. The quantitative estimate of drug-likeness (QED) is 0.176. The molecule has 6 N–H and O–H groups in total. The molecule has 0 amide bonds. The minimum absolute atomic E-state index is 0.113.